The Hall–Kier alpha value is -3.33. The molecule has 4 aromatic rings. The summed E-state index contributed by atoms with van der Waals surface area (Å²) in [5, 5.41) is 8.89. The molecule has 1 aromatic carbocycles. The smallest absolute Gasteiger partial charge is 0.379 e. The molecule has 0 aliphatic rings. The topological polar surface area (TPSA) is 100 Å². The third-order valence-corrected chi connectivity index (χ3v) is 4.36. The van der Waals surface area contributed by atoms with Crippen LogP contribution in [0.25, 0.3) is 5.78 Å². The van der Waals surface area contributed by atoms with Crippen LogP contribution >= 0.6 is 11.6 Å². The van der Waals surface area contributed by atoms with Crippen LogP contribution < -0.4 is 0 Å². The number of rotatable bonds is 5. The van der Waals surface area contributed by atoms with Crippen molar-refractivity contribution in [1.29, 1.82) is 0 Å². The van der Waals surface area contributed by atoms with E-state index in [-0.39, 0.29) is 12.4 Å². The molecule has 0 N–H and O–H groups in total. The van der Waals surface area contributed by atoms with Gasteiger partial charge in [0.1, 0.15) is 18.8 Å². The van der Waals surface area contributed by atoms with Gasteiger partial charge in [-0.1, -0.05) is 23.7 Å². The standard InChI is InChI=1S/C18H16ClN7O2/c1-11-7-12(2)26-18(22-11)23-16(24-26)17(27)28-15(8-25-10-20-9-21-25)13-3-5-14(19)6-4-13/h3-7,9-10,15H,8H2,1-2H3/t15-/m1/s1. The maximum absolute atomic E-state index is 12.7. The maximum atomic E-state index is 12.7. The fraction of sp³-hybridized carbons (Fsp3) is 0.222. The van der Waals surface area contributed by atoms with Crippen LogP contribution in [0.2, 0.25) is 5.02 Å². The number of nitrogens with zero attached hydrogens (tertiary/aromatic N) is 7. The van der Waals surface area contributed by atoms with E-state index in [1.165, 1.54) is 10.8 Å². The lowest BCUT2D eigenvalue weighted by atomic mass is 10.1. The van der Waals surface area contributed by atoms with Crippen molar-refractivity contribution in [3.63, 3.8) is 0 Å². The van der Waals surface area contributed by atoms with Crippen molar-refractivity contribution in [3.05, 3.63) is 70.8 Å². The Balaban J connectivity index is 1.63. The van der Waals surface area contributed by atoms with E-state index in [0.29, 0.717) is 10.8 Å². The van der Waals surface area contributed by atoms with Crippen molar-refractivity contribution in [2.24, 2.45) is 0 Å². The first-order valence-electron chi connectivity index (χ1n) is 8.49. The number of hydrogen-bond acceptors (Lipinski definition) is 7. The van der Waals surface area contributed by atoms with Crippen molar-refractivity contribution in [1.82, 2.24) is 34.3 Å². The Morgan fingerprint density at radius 3 is 2.71 bits per heavy atom. The SMILES string of the molecule is Cc1cc(C)n2nc(C(=O)O[C@H](Cn3cncn3)c3ccc(Cl)cc3)nc2n1. The van der Waals surface area contributed by atoms with E-state index in [1.807, 2.05) is 19.9 Å². The quantitative estimate of drug-likeness (QED) is 0.477. The minimum Gasteiger partial charge on any atom is -0.450 e. The molecule has 0 aliphatic heterocycles. The number of ether oxygens (including phenoxy) is 1. The Labute approximate surface area is 165 Å². The highest BCUT2D eigenvalue weighted by atomic mass is 35.5. The zero-order valence-corrected chi connectivity index (χ0v) is 15.9. The Morgan fingerprint density at radius 1 is 1.21 bits per heavy atom. The van der Waals surface area contributed by atoms with Crippen LogP contribution in [0, 0.1) is 13.8 Å². The molecule has 0 saturated carbocycles. The first kappa shape index (κ1) is 18.1. The van der Waals surface area contributed by atoms with Gasteiger partial charge in [-0.3, -0.25) is 0 Å². The second-order valence-corrected chi connectivity index (χ2v) is 6.69. The van der Waals surface area contributed by atoms with Crippen LogP contribution in [-0.4, -0.2) is 40.3 Å². The van der Waals surface area contributed by atoms with Gasteiger partial charge in [-0.2, -0.15) is 10.1 Å². The monoisotopic (exact) mass is 397 g/mol. The van der Waals surface area contributed by atoms with Crippen molar-refractivity contribution in [2.45, 2.75) is 26.5 Å². The highest BCUT2D eigenvalue weighted by Crippen LogP contribution is 2.22. The molecule has 3 heterocycles. The minimum atomic E-state index is -0.650. The van der Waals surface area contributed by atoms with Crippen molar-refractivity contribution in [2.75, 3.05) is 0 Å². The van der Waals surface area contributed by atoms with Gasteiger partial charge in [0.2, 0.25) is 0 Å². The van der Waals surface area contributed by atoms with Gasteiger partial charge in [0.15, 0.2) is 0 Å². The number of hydrogen-bond donors (Lipinski definition) is 0. The van der Waals surface area contributed by atoms with E-state index in [0.717, 1.165) is 17.0 Å². The lowest BCUT2D eigenvalue weighted by molar-refractivity contribution is 0.0232. The average molecular weight is 398 g/mol. The molecule has 0 spiro atoms. The van der Waals surface area contributed by atoms with Crippen molar-refractivity contribution >= 4 is 23.3 Å². The summed E-state index contributed by atoms with van der Waals surface area (Å²) in [7, 11) is 0. The fourth-order valence-corrected chi connectivity index (χ4v) is 2.95. The van der Waals surface area contributed by atoms with Gasteiger partial charge in [-0.05, 0) is 37.6 Å². The van der Waals surface area contributed by atoms with E-state index in [4.69, 9.17) is 16.3 Å². The first-order chi connectivity index (χ1) is 13.5. The molecule has 9 nitrogen and oxygen atoms in total. The predicted octanol–water partition coefficient (Wildman–Crippen LogP) is 2.58. The molecule has 3 aromatic heterocycles. The highest BCUT2D eigenvalue weighted by molar-refractivity contribution is 6.30. The molecule has 0 unspecified atom stereocenters. The fourth-order valence-electron chi connectivity index (χ4n) is 2.82. The zero-order chi connectivity index (χ0) is 19.7. The summed E-state index contributed by atoms with van der Waals surface area (Å²) in [6.07, 6.45) is 2.35. The molecular weight excluding hydrogens is 382 g/mol. The highest BCUT2D eigenvalue weighted by Gasteiger charge is 2.23. The summed E-state index contributed by atoms with van der Waals surface area (Å²) >= 11 is 5.97. The Morgan fingerprint density at radius 2 is 2.00 bits per heavy atom. The molecule has 1 atom stereocenters. The number of esters is 1. The van der Waals surface area contributed by atoms with Crippen molar-refractivity contribution in [3.8, 4) is 0 Å². The minimum absolute atomic E-state index is 0.0567. The summed E-state index contributed by atoms with van der Waals surface area (Å²) in [4.78, 5) is 25.1. The maximum Gasteiger partial charge on any atom is 0.379 e. The van der Waals surface area contributed by atoms with E-state index >= 15 is 0 Å². The van der Waals surface area contributed by atoms with Crippen LogP contribution in [0.5, 0.6) is 0 Å². The number of aromatic nitrogens is 7. The molecule has 0 aliphatic carbocycles. The molecule has 0 amide bonds. The summed E-state index contributed by atoms with van der Waals surface area (Å²) < 4.78 is 8.79. The first-order valence-corrected chi connectivity index (χ1v) is 8.87. The van der Waals surface area contributed by atoms with E-state index < -0.39 is 12.1 Å². The third-order valence-electron chi connectivity index (χ3n) is 4.11. The second-order valence-electron chi connectivity index (χ2n) is 6.25. The molecule has 142 valence electrons. The van der Waals surface area contributed by atoms with Crippen LogP contribution in [-0.2, 0) is 11.3 Å². The van der Waals surface area contributed by atoms with E-state index in [9.17, 15) is 4.79 Å². The number of halogens is 1. The number of fused-ring (bicyclic) bond motifs is 1. The van der Waals surface area contributed by atoms with Gasteiger partial charge in [0, 0.05) is 16.4 Å². The van der Waals surface area contributed by atoms with Gasteiger partial charge >= 0.3 is 5.97 Å². The summed E-state index contributed by atoms with van der Waals surface area (Å²) in [5.74, 6) is -0.356. The summed E-state index contributed by atoms with van der Waals surface area (Å²) in [6.45, 7) is 4.01. The number of carbonyl (C=O) groups is 1. The predicted molar refractivity (Wildman–Crippen MR) is 99.9 cm³/mol. The largest absolute Gasteiger partial charge is 0.450 e. The molecule has 4 rings (SSSR count). The number of carbonyl (C=O) groups excluding carboxylic acids is 1. The van der Waals surface area contributed by atoms with Crippen molar-refractivity contribution < 1.29 is 9.53 Å². The molecular formula is C18H16ClN7O2. The molecule has 0 radical (unpaired) electrons. The third kappa shape index (κ3) is 3.70. The van der Waals surface area contributed by atoms with Gasteiger partial charge < -0.3 is 4.74 Å². The van der Waals surface area contributed by atoms with E-state index in [1.54, 1.807) is 35.3 Å². The second kappa shape index (κ2) is 7.35. The lowest BCUT2D eigenvalue weighted by Gasteiger charge is -2.17. The van der Waals surface area contributed by atoms with Gasteiger partial charge in [-0.25, -0.2) is 24.0 Å². The van der Waals surface area contributed by atoms with Crippen LogP contribution in [0.15, 0.2) is 43.0 Å². The molecule has 28 heavy (non-hydrogen) atoms. The molecule has 0 fully saturated rings. The van der Waals surface area contributed by atoms with E-state index in [2.05, 4.69) is 25.1 Å². The summed E-state index contributed by atoms with van der Waals surface area (Å²) in [5.41, 5.74) is 2.38. The van der Waals surface area contributed by atoms with Gasteiger partial charge in [0.25, 0.3) is 11.6 Å². The normalized spacial score (nSPS) is 12.2. The molecule has 0 bridgehead atoms. The average Bonchev–Trinajstić information content (AvgIpc) is 3.31. The van der Waals surface area contributed by atoms with Crippen LogP contribution in [0.1, 0.15) is 33.7 Å². The Bertz CT molecular complexity index is 1120. The summed E-state index contributed by atoms with van der Waals surface area (Å²) in [6, 6.07) is 8.92. The van der Waals surface area contributed by atoms with Gasteiger partial charge in [0.05, 0.1) is 6.54 Å². The van der Waals surface area contributed by atoms with Gasteiger partial charge in [-0.15, -0.1) is 5.10 Å². The number of aryl methyl sites for hydroxylation is 2. The zero-order valence-electron chi connectivity index (χ0n) is 15.2. The molecule has 10 heteroatoms. The molecule has 0 saturated heterocycles. The van der Waals surface area contributed by atoms with Crippen LogP contribution in [0.3, 0.4) is 0 Å². The number of benzene rings is 1. The Kier molecular flexibility index (Phi) is 4.74. The lowest BCUT2D eigenvalue weighted by Crippen LogP contribution is -2.18. The van der Waals surface area contributed by atoms with Crippen LogP contribution in [0.4, 0.5) is 0 Å².